The number of nitrogens with one attached hydrogen (secondary N) is 1. The van der Waals surface area contributed by atoms with Crippen molar-refractivity contribution in [3.05, 3.63) is 48.0 Å². The van der Waals surface area contributed by atoms with Crippen molar-refractivity contribution >= 4 is 39.9 Å². The third-order valence-corrected chi connectivity index (χ3v) is 6.91. The Labute approximate surface area is 181 Å². The molecule has 1 unspecified atom stereocenters. The van der Waals surface area contributed by atoms with Gasteiger partial charge in [-0.2, -0.15) is 0 Å². The first-order valence-electron chi connectivity index (χ1n) is 9.83. The summed E-state index contributed by atoms with van der Waals surface area (Å²) >= 11 is 6.51. The molecule has 152 valence electrons. The van der Waals surface area contributed by atoms with E-state index in [4.69, 9.17) is 22.7 Å². The number of rotatable bonds is 5. The Hall–Kier alpha value is -2.09. The van der Waals surface area contributed by atoms with E-state index in [1.54, 1.807) is 7.11 Å². The second-order valence-corrected chi connectivity index (χ2v) is 9.37. The Bertz CT molecular complexity index is 909. The normalized spacial score (nSPS) is 20.1. The second-order valence-electron chi connectivity index (χ2n) is 7.49. The summed E-state index contributed by atoms with van der Waals surface area (Å²) in [6.45, 7) is 1.96. The van der Waals surface area contributed by atoms with Gasteiger partial charge in [0.15, 0.2) is 0 Å². The van der Waals surface area contributed by atoms with Crippen LogP contribution in [-0.4, -0.2) is 41.7 Å². The summed E-state index contributed by atoms with van der Waals surface area (Å²) in [6.07, 6.45) is 2.71. The number of nitrogens with two attached hydrogens (primary N) is 1. The highest BCUT2D eigenvalue weighted by molar-refractivity contribution is 8.24. The van der Waals surface area contributed by atoms with Gasteiger partial charge in [-0.25, -0.2) is 0 Å². The van der Waals surface area contributed by atoms with Gasteiger partial charge < -0.3 is 20.7 Å². The number of hydrogen-bond donors (Lipinski definition) is 2. The Morgan fingerprint density at radius 1 is 1.21 bits per heavy atom. The molecule has 0 spiro atoms. The fourth-order valence-corrected chi connectivity index (χ4v) is 5.15. The molecule has 0 aromatic heterocycles. The SMILES string of the molecule is COc1ccc(N2CCC(N)CC2)cc1-c1ccc(CC2SC(=S)NC2=O)cc1. The largest absolute Gasteiger partial charge is 0.496 e. The van der Waals surface area contributed by atoms with Crippen LogP contribution in [0.4, 0.5) is 5.69 Å². The van der Waals surface area contributed by atoms with Gasteiger partial charge in [0.2, 0.25) is 5.91 Å². The number of amides is 1. The number of carbonyl (C=O) groups excluding carboxylic acids is 1. The molecule has 0 bridgehead atoms. The maximum absolute atomic E-state index is 11.9. The molecular weight excluding hydrogens is 402 g/mol. The fourth-order valence-electron chi connectivity index (χ4n) is 3.84. The zero-order valence-corrected chi connectivity index (χ0v) is 18.0. The van der Waals surface area contributed by atoms with E-state index in [9.17, 15) is 4.79 Å². The number of methoxy groups -OCH3 is 1. The first-order valence-corrected chi connectivity index (χ1v) is 11.1. The van der Waals surface area contributed by atoms with E-state index in [0.717, 1.165) is 48.4 Å². The predicted molar refractivity (Wildman–Crippen MR) is 124 cm³/mol. The highest BCUT2D eigenvalue weighted by atomic mass is 32.2. The zero-order valence-electron chi connectivity index (χ0n) is 16.4. The summed E-state index contributed by atoms with van der Waals surface area (Å²) in [7, 11) is 1.70. The van der Waals surface area contributed by atoms with E-state index in [2.05, 4.69) is 46.6 Å². The number of thioether (sulfide) groups is 1. The van der Waals surface area contributed by atoms with E-state index in [1.807, 2.05) is 6.07 Å². The van der Waals surface area contributed by atoms with Crippen LogP contribution in [0.5, 0.6) is 5.75 Å². The Morgan fingerprint density at radius 2 is 1.93 bits per heavy atom. The number of hydrogen-bond acceptors (Lipinski definition) is 6. The average molecular weight is 428 g/mol. The van der Waals surface area contributed by atoms with Crippen LogP contribution in [-0.2, 0) is 11.2 Å². The lowest BCUT2D eigenvalue weighted by atomic mass is 9.99. The van der Waals surface area contributed by atoms with E-state index >= 15 is 0 Å². The van der Waals surface area contributed by atoms with Crippen LogP contribution in [0.25, 0.3) is 11.1 Å². The molecule has 1 amide bonds. The molecule has 3 N–H and O–H groups in total. The second kappa shape index (κ2) is 8.73. The highest BCUT2D eigenvalue weighted by Gasteiger charge is 2.29. The van der Waals surface area contributed by atoms with Crippen LogP contribution >= 0.6 is 24.0 Å². The Morgan fingerprint density at radius 3 is 2.55 bits per heavy atom. The van der Waals surface area contributed by atoms with Gasteiger partial charge >= 0.3 is 0 Å². The Kier molecular flexibility index (Phi) is 6.08. The molecule has 2 aliphatic rings. The van der Waals surface area contributed by atoms with Crippen LogP contribution in [0.2, 0.25) is 0 Å². The van der Waals surface area contributed by atoms with Gasteiger partial charge in [-0.15, -0.1) is 0 Å². The van der Waals surface area contributed by atoms with Crippen LogP contribution < -0.4 is 20.7 Å². The van der Waals surface area contributed by atoms with E-state index in [1.165, 1.54) is 17.4 Å². The first-order chi connectivity index (χ1) is 14.0. The van der Waals surface area contributed by atoms with Crippen molar-refractivity contribution < 1.29 is 9.53 Å². The van der Waals surface area contributed by atoms with Gasteiger partial charge in [-0.1, -0.05) is 48.2 Å². The molecule has 2 heterocycles. The predicted octanol–water partition coefficient (Wildman–Crippen LogP) is 3.35. The van der Waals surface area contributed by atoms with E-state index < -0.39 is 0 Å². The molecule has 29 heavy (non-hydrogen) atoms. The number of thiocarbonyl (C=S) groups is 1. The molecule has 2 saturated heterocycles. The van der Waals surface area contributed by atoms with Gasteiger partial charge in [0.25, 0.3) is 0 Å². The van der Waals surface area contributed by atoms with Crippen LogP contribution in [0.15, 0.2) is 42.5 Å². The summed E-state index contributed by atoms with van der Waals surface area (Å²) in [4.78, 5) is 14.3. The third kappa shape index (κ3) is 4.57. The Balaban J connectivity index is 1.54. The minimum Gasteiger partial charge on any atom is -0.496 e. The lowest BCUT2D eigenvalue weighted by Gasteiger charge is -2.32. The molecule has 1 atom stereocenters. The van der Waals surface area contributed by atoms with Crippen molar-refractivity contribution in [1.82, 2.24) is 5.32 Å². The number of carbonyl (C=O) groups is 1. The maximum Gasteiger partial charge on any atom is 0.239 e. The molecule has 5 nitrogen and oxygen atoms in total. The topological polar surface area (TPSA) is 67.6 Å². The molecule has 0 aliphatic carbocycles. The molecule has 4 rings (SSSR count). The van der Waals surface area contributed by atoms with Crippen LogP contribution in [0, 0.1) is 0 Å². The molecule has 2 aromatic carbocycles. The van der Waals surface area contributed by atoms with Crippen molar-refractivity contribution in [3.8, 4) is 16.9 Å². The zero-order chi connectivity index (χ0) is 20.4. The van der Waals surface area contributed by atoms with Crippen molar-refractivity contribution in [1.29, 1.82) is 0 Å². The fraction of sp³-hybridized carbons (Fsp3) is 0.364. The van der Waals surface area contributed by atoms with Crippen molar-refractivity contribution in [2.75, 3.05) is 25.1 Å². The van der Waals surface area contributed by atoms with Crippen molar-refractivity contribution in [2.24, 2.45) is 5.73 Å². The monoisotopic (exact) mass is 427 g/mol. The van der Waals surface area contributed by atoms with Crippen molar-refractivity contribution in [3.63, 3.8) is 0 Å². The highest BCUT2D eigenvalue weighted by Crippen LogP contribution is 2.35. The molecule has 2 aliphatic heterocycles. The summed E-state index contributed by atoms with van der Waals surface area (Å²) < 4.78 is 6.18. The van der Waals surface area contributed by atoms with Gasteiger partial charge in [0.05, 0.1) is 12.4 Å². The van der Waals surface area contributed by atoms with E-state index in [0.29, 0.717) is 16.8 Å². The molecule has 2 aromatic rings. The van der Waals surface area contributed by atoms with Gasteiger partial charge in [0.1, 0.15) is 10.1 Å². The number of nitrogens with zero attached hydrogens (tertiary/aromatic N) is 1. The standard InChI is InChI=1S/C22H25N3O2S2/c1-27-19-7-6-17(25-10-8-16(23)9-11-25)13-18(19)15-4-2-14(3-5-15)12-20-21(26)24-22(28)29-20/h2-7,13,16,20H,8-12,23H2,1H3,(H,24,26,28). The smallest absolute Gasteiger partial charge is 0.239 e. The summed E-state index contributed by atoms with van der Waals surface area (Å²) in [5.41, 5.74) is 10.5. The third-order valence-electron chi connectivity index (χ3n) is 5.54. The molecule has 2 fully saturated rings. The molecule has 7 heteroatoms. The molecule has 0 radical (unpaired) electrons. The molecule has 0 saturated carbocycles. The minimum absolute atomic E-state index is 0.000281. The maximum atomic E-state index is 11.9. The average Bonchev–Trinajstić information content (AvgIpc) is 3.05. The van der Waals surface area contributed by atoms with Crippen LogP contribution in [0.1, 0.15) is 18.4 Å². The minimum atomic E-state index is -0.142. The van der Waals surface area contributed by atoms with Gasteiger partial charge in [0, 0.05) is 30.4 Å². The summed E-state index contributed by atoms with van der Waals surface area (Å²) in [5.74, 6) is 0.853. The van der Waals surface area contributed by atoms with Crippen LogP contribution in [0.3, 0.4) is 0 Å². The quantitative estimate of drug-likeness (QED) is 0.714. The lowest BCUT2D eigenvalue weighted by molar-refractivity contribution is -0.118. The van der Waals surface area contributed by atoms with Gasteiger partial charge in [-0.3, -0.25) is 4.79 Å². The lowest BCUT2D eigenvalue weighted by Crippen LogP contribution is -2.39. The number of benzene rings is 2. The van der Waals surface area contributed by atoms with Gasteiger partial charge in [-0.05, 0) is 48.6 Å². The number of anilines is 1. The molecular formula is C22H25N3O2S2. The number of piperidine rings is 1. The first kappa shape index (κ1) is 20.2. The van der Waals surface area contributed by atoms with Crippen molar-refractivity contribution in [2.45, 2.75) is 30.6 Å². The summed E-state index contributed by atoms with van der Waals surface area (Å²) in [6, 6.07) is 15.0. The number of ether oxygens (including phenoxy) is 1. The van der Waals surface area contributed by atoms with E-state index in [-0.39, 0.29) is 11.2 Å². The summed E-state index contributed by atoms with van der Waals surface area (Å²) in [5, 5.41) is 2.56.